The molecule has 0 radical (unpaired) electrons. The Kier molecular flexibility index (Phi) is 6.77. The van der Waals surface area contributed by atoms with Crippen LogP contribution in [0.4, 0.5) is 0 Å². The summed E-state index contributed by atoms with van der Waals surface area (Å²) < 4.78 is 26.8. The average molecular weight is 353 g/mol. The molecule has 1 amide bonds. The van der Waals surface area contributed by atoms with Gasteiger partial charge in [-0.25, -0.2) is 8.42 Å². The molecular weight excluding hydrogens is 326 g/mol. The van der Waals surface area contributed by atoms with E-state index in [1.807, 2.05) is 7.05 Å². The summed E-state index contributed by atoms with van der Waals surface area (Å²) in [7, 11) is -1.59. The Balaban J connectivity index is 1.99. The van der Waals surface area contributed by atoms with Crippen LogP contribution < -0.4 is 10.6 Å². The van der Waals surface area contributed by atoms with Crippen molar-refractivity contribution in [3.05, 3.63) is 29.8 Å². The van der Waals surface area contributed by atoms with Gasteiger partial charge < -0.3 is 10.6 Å². The van der Waals surface area contributed by atoms with E-state index in [1.54, 1.807) is 16.4 Å². The molecule has 1 aromatic rings. The third kappa shape index (κ3) is 4.78. The molecule has 0 saturated carbocycles. The van der Waals surface area contributed by atoms with Gasteiger partial charge in [0, 0.05) is 25.2 Å². The van der Waals surface area contributed by atoms with Crippen LogP contribution in [0.25, 0.3) is 0 Å². The fourth-order valence-corrected chi connectivity index (χ4v) is 4.19. The number of nitrogens with zero attached hydrogens (tertiary/aromatic N) is 1. The summed E-state index contributed by atoms with van der Waals surface area (Å²) in [5.74, 6) is 0.396. The molecule has 1 aliphatic heterocycles. The molecule has 0 spiro atoms. The van der Waals surface area contributed by atoms with Crippen molar-refractivity contribution in [2.45, 2.75) is 31.1 Å². The predicted molar refractivity (Wildman–Crippen MR) is 94.5 cm³/mol. The SMILES string of the molecule is CNCCCNC(=O)c1ccc(S(=O)(=O)N2CCC(C)CC2)cc1. The van der Waals surface area contributed by atoms with Crippen LogP contribution in [0.5, 0.6) is 0 Å². The van der Waals surface area contributed by atoms with E-state index in [1.165, 1.54) is 12.1 Å². The summed E-state index contributed by atoms with van der Waals surface area (Å²) in [4.78, 5) is 12.3. The third-order valence-corrected chi connectivity index (χ3v) is 6.30. The Morgan fingerprint density at radius 2 is 1.79 bits per heavy atom. The fraction of sp³-hybridized carbons (Fsp3) is 0.588. The summed E-state index contributed by atoms with van der Waals surface area (Å²) in [6.45, 7) is 4.71. The topological polar surface area (TPSA) is 78.5 Å². The molecule has 0 unspecified atom stereocenters. The molecule has 1 fully saturated rings. The molecule has 24 heavy (non-hydrogen) atoms. The quantitative estimate of drug-likeness (QED) is 0.727. The van der Waals surface area contributed by atoms with Crippen LogP contribution in [-0.2, 0) is 10.0 Å². The van der Waals surface area contributed by atoms with Crippen molar-refractivity contribution >= 4 is 15.9 Å². The van der Waals surface area contributed by atoms with Gasteiger partial charge in [-0.3, -0.25) is 4.79 Å². The number of piperidine rings is 1. The number of carbonyl (C=O) groups excluding carboxylic acids is 1. The van der Waals surface area contributed by atoms with E-state index in [9.17, 15) is 13.2 Å². The van der Waals surface area contributed by atoms with Crippen molar-refractivity contribution in [3.8, 4) is 0 Å². The first kappa shape index (κ1) is 18.9. The minimum Gasteiger partial charge on any atom is -0.352 e. The number of hydrogen-bond donors (Lipinski definition) is 2. The molecule has 0 aromatic heterocycles. The van der Waals surface area contributed by atoms with Crippen molar-refractivity contribution in [2.24, 2.45) is 5.92 Å². The maximum absolute atomic E-state index is 12.6. The van der Waals surface area contributed by atoms with E-state index in [2.05, 4.69) is 17.6 Å². The predicted octanol–water partition coefficient (Wildman–Crippen LogP) is 1.45. The Bertz CT molecular complexity index is 636. The monoisotopic (exact) mass is 353 g/mol. The molecule has 1 saturated heterocycles. The van der Waals surface area contributed by atoms with Gasteiger partial charge in [-0.15, -0.1) is 0 Å². The van der Waals surface area contributed by atoms with E-state index >= 15 is 0 Å². The second kappa shape index (κ2) is 8.60. The highest BCUT2D eigenvalue weighted by Crippen LogP contribution is 2.23. The second-order valence-corrected chi connectivity index (χ2v) is 8.26. The fourth-order valence-electron chi connectivity index (χ4n) is 2.72. The summed E-state index contributed by atoms with van der Waals surface area (Å²) in [6.07, 6.45) is 2.64. The number of carbonyl (C=O) groups is 1. The maximum Gasteiger partial charge on any atom is 0.251 e. The van der Waals surface area contributed by atoms with Gasteiger partial charge in [-0.05, 0) is 63.0 Å². The second-order valence-electron chi connectivity index (χ2n) is 6.32. The molecule has 1 aliphatic rings. The Labute approximate surface area is 144 Å². The third-order valence-electron chi connectivity index (χ3n) is 4.39. The highest BCUT2D eigenvalue weighted by atomic mass is 32.2. The molecule has 2 N–H and O–H groups in total. The van der Waals surface area contributed by atoms with E-state index in [0.717, 1.165) is 25.8 Å². The number of nitrogens with one attached hydrogen (secondary N) is 2. The summed E-state index contributed by atoms with van der Waals surface area (Å²) in [5, 5.41) is 5.84. The van der Waals surface area contributed by atoms with Crippen LogP contribution in [0, 0.1) is 5.92 Å². The largest absolute Gasteiger partial charge is 0.352 e. The number of benzene rings is 1. The van der Waals surface area contributed by atoms with Gasteiger partial charge in [0.2, 0.25) is 10.0 Å². The minimum atomic E-state index is -3.46. The molecule has 0 bridgehead atoms. The summed E-state index contributed by atoms with van der Waals surface area (Å²) in [5.41, 5.74) is 0.477. The smallest absolute Gasteiger partial charge is 0.251 e. The lowest BCUT2D eigenvalue weighted by molar-refractivity contribution is 0.0953. The van der Waals surface area contributed by atoms with Crippen LogP contribution in [0.2, 0.25) is 0 Å². The zero-order valence-electron chi connectivity index (χ0n) is 14.4. The van der Waals surface area contributed by atoms with Crippen LogP contribution in [0.1, 0.15) is 36.5 Å². The van der Waals surface area contributed by atoms with E-state index in [-0.39, 0.29) is 10.8 Å². The molecule has 0 atom stereocenters. The lowest BCUT2D eigenvalue weighted by Gasteiger charge is -2.29. The first-order valence-corrected chi connectivity index (χ1v) is 9.92. The van der Waals surface area contributed by atoms with Gasteiger partial charge in [-0.1, -0.05) is 6.92 Å². The van der Waals surface area contributed by atoms with Crippen molar-refractivity contribution in [2.75, 3.05) is 33.2 Å². The van der Waals surface area contributed by atoms with Gasteiger partial charge in [-0.2, -0.15) is 4.31 Å². The molecule has 1 aromatic carbocycles. The molecular formula is C17H27N3O3S. The van der Waals surface area contributed by atoms with Crippen LogP contribution >= 0.6 is 0 Å². The lowest BCUT2D eigenvalue weighted by Crippen LogP contribution is -2.37. The summed E-state index contributed by atoms with van der Waals surface area (Å²) in [6, 6.07) is 6.20. The van der Waals surface area contributed by atoms with Crippen LogP contribution in [-0.4, -0.2) is 51.9 Å². The average Bonchev–Trinajstić information content (AvgIpc) is 2.59. The molecule has 6 nitrogen and oxygen atoms in total. The van der Waals surface area contributed by atoms with E-state index in [4.69, 9.17) is 0 Å². The van der Waals surface area contributed by atoms with Gasteiger partial charge in [0.25, 0.3) is 5.91 Å². The van der Waals surface area contributed by atoms with Crippen LogP contribution in [0.15, 0.2) is 29.2 Å². The van der Waals surface area contributed by atoms with E-state index in [0.29, 0.717) is 31.1 Å². The minimum absolute atomic E-state index is 0.179. The number of amides is 1. The molecule has 134 valence electrons. The number of hydrogen-bond acceptors (Lipinski definition) is 4. The normalized spacial score (nSPS) is 16.9. The van der Waals surface area contributed by atoms with Crippen molar-refractivity contribution in [1.82, 2.24) is 14.9 Å². The first-order valence-electron chi connectivity index (χ1n) is 8.48. The van der Waals surface area contributed by atoms with Gasteiger partial charge in [0.15, 0.2) is 0 Å². The number of rotatable bonds is 7. The van der Waals surface area contributed by atoms with Crippen molar-refractivity contribution in [3.63, 3.8) is 0 Å². The molecule has 0 aliphatic carbocycles. The van der Waals surface area contributed by atoms with Gasteiger partial charge in [0.05, 0.1) is 4.90 Å². The van der Waals surface area contributed by atoms with Crippen molar-refractivity contribution < 1.29 is 13.2 Å². The van der Waals surface area contributed by atoms with Gasteiger partial charge in [0.1, 0.15) is 0 Å². The van der Waals surface area contributed by atoms with Crippen LogP contribution in [0.3, 0.4) is 0 Å². The zero-order chi connectivity index (χ0) is 17.6. The molecule has 1 heterocycles. The standard InChI is InChI=1S/C17H27N3O3S/c1-14-8-12-20(13-9-14)24(22,23)16-6-4-15(5-7-16)17(21)19-11-3-10-18-2/h4-7,14,18H,3,8-13H2,1-2H3,(H,19,21). The Morgan fingerprint density at radius 3 is 2.38 bits per heavy atom. The van der Waals surface area contributed by atoms with Gasteiger partial charge >= 0.3 is 0 Å². The Hall–Kier alpha value is -1.44. The molecule has 2 rings (SSSR count). The zero-order valence-corrected chi connectivity index (χ0v) is 15.2. The summed E-state index contributed by atoms with van der Waals surface area (Å²) >= 11 is 0. The highest BCUT2D eigenvalue weighted by molar-refractivity contribution is 7.89. The first-order chi connectivity index (χ1) is 11.4. The lowest BCUT2D eigenvalue weighted by atomic mass is 10.0. The number of sulfonamides is 1. The maximum atomic E-state index is 12.6. The Morgan fingerprint density at radius 1 is 1.17 bits per heavy atom. The van der Waals surface area contributed by atoms with Crippen molar-refractivity contribution in [1.29, 1.82) is 0 Å². The van der Waals surface area contributed by atoms with E-state index < -0.39 is 10.0 Å². The molecule has 7 heteroatoms. The highest BCUT2D eigenvalue weighted by Gasteiger charge is 2.28.